The number of hydrogen-bond acceptors (Lipinski definition) is 4. The van der Waals surface area contributed by atoms with E-state index in [-0.39, 0.29) is 23.4 Å². The average molecular weight is 266 g/mol. The fourth-order valence-electron chi connectivity index (χ4n) is 4.80. The molecule has 4 nitrogen and oxygen atoms in total. The van der Waals surface area contributed by atoms with Crippen molar-refractivity contribution >= 4 is 5.97 Å². The van der Waals surface area contributed by atoms with E-state index in [9.17, 15) is 15.0 Å². The lowest BCUT2D eigenvalue weighted by Gasteiger charge is -2.54. The van der Waals surface area contributed by atoms with Crippen LogP contribution in [0.1, 0.15) is 46.0 Å². The van der Waals surface area contributed by atoms with Gasteiger partial charge in [-0.05, 0) is 42.4 Å². The Morgan fingerprint density at radius 1 is 1.37 bits per heavy atom. The Kier molecular flexibility index (Phi) is 2.81. The van der Waals surface area contributed by atoms with Gasteiger partial charge >= 0.3 is 5.97 Å². The predicted octanol–water partition coefficient (Wildman–Crippen LogP) is 1.76. The van der Waals surface area contributed by atoms with Gasteiger partial charge in [0.2, 0.25) is 6.29 Å². The lowest BCUT2D eigenvalue weighted by atomic mass is 9.50. The molecule has 4 atom stereocenters. The third kappa shape index (κ3) is 1.62. The van der Waals surface area contributed by atoms with E-state index in [1.807, 2.05) is 0 Å². The number of esters is 1. The van der Waals surface area contributed by atoms with Crippen LogP contribution >= 0.6 is 0 Å². The maximum atomic E-state index is 11.8. The van der Waals surface area contributed by atoms with Crippen molar-refractivity contribution in [3.05, 3.63) is 11.1 Å². The van der Waals surface area contributed by atoms with Crippen LogP contribution in [0.25, 0.3) is 0 Å². The van der Waals surface area contributed by atoms with Crippen molar-refractivity contribution in [1.29, 1.82) is 0 Å². The highest BCUT2D eigenvalue weighted by molar-refractivity contribution is 5.92. The van der Waals surface area contributed by atoms with E-state index in [0.29, 0.717) is 17.9 Å². The second-order valence-corrected chi connectivity index (χ2v) is 6.82. The molecule has 106 valence electrons. The van der Waals surface area contributed by atoms with Crippen molar-refractivity contribution in [1.82, 2.24) is 0 Å². The maximum Gasteiger partial charge on any atom is 0.336 e. The maximum absolute atomic E-state index is 11.8. The van der Waals surface area contributed by atoms with Crippen LogP contribution in [0.3, 0.4) is 0 Å². The zero-order chi connectivity index (χ0) is 13.8. The summed E-state index contributed by atoms with van der Waals surface area (Å²) in [5, 5.41) is 19.9. The molecule has 1 fully saturated rings. The van der Waals surface area contributed by atoms with Gasteiger partial charge in [0, 0.05) is 17.8 Å². The summed E-state index contributed by atoms with van der Waals surface area (Å²) in [5.74, 6) is -0.0416. The summed E-state index contributed by atoms with van der Waals surface area (Å²) < 4.78 is 5.00. The van der Waals surface area contributed by atoms with Gasteiger partial charge in [0.1, 0.15) is 0 Å². The van der Waals surface area contributed by atoms with Crippen LogP contribution in [0.4, 0.5) is 0 Å². The van der Waals surface area contributed by atoms with E-state index in [1.54, 1.807) is 0 Å². The molecular formula is C15H22O4. The zero-order valence-corrected chi connectivity index (χ0v) is 11.6. The number of aliphatic hydroxyl groups is 2. The van der Waals surface area contributed by atoms with Crippen molar-refractivity contribution in [2.24, 2.45) is 16.7 Å². The molecule has 3 rings (SSSR count). The van der Waals surface area contributed by atoms with Gasteiger partial charge in [-0.1, -0.05) is 20.3 Å². The second-order valence-electron chi connectivity index (χ2n) is 6.82. The van der Waals surface area contributed by atoms with Gasteiger partial charge < -0.3 is 14.9 Å². The molecule has 0 aromatic carbocycles. The monoisotopic (exact) mass is 266 g/mol. The standard InChI is InChI=1S/C15H22O4/c1-14(8-16)6-3-7-15(2)10(14)5-4-9-11(15)13(18)19-12(9)17/h10,13,16,18H,3-8H2,1-2H3/t10-,13-,14+,15-/m0/s1. The minimum absolute atomic E-state index is 0.114. The van der Waals surface area contributed by atoms with E-state index in [0.717, 1.165) is 31.3 Å². The largest absolute Gasteiger partial charge is 0.428 e. The number of hydrogen-bond donors (Lipinski definition) is 2. The Hall–Kier alpha value is -0.870. The van der Waals surface area contributed by atoms with Crippen LogP contribution in [-0.4, -0.2) is 29.1 Å². The predicted molar refractivity (Wildman–Crippen MR) is 69.0 cm³/mol. The van der Waals surface area contributed by atoms with E-state index < -0.39 is 6.29 Å². The Labute approximate surface area is 113 Å². The van der Waals surface area contributed by atoms with Crippen molar-refractivity contribution in [2.45, 2.75) is 52.2 Å². The number of carbonyl (C=O) groups is 1. The first-order chi connectivity index (χ1) is 8.92. The van der Waals surface area contributed by atoms with Gasteiger partial charge in [0.05, 0.1) is 0 Å². The third-order valence-electron chi connectivity index (χ3n) is 5.75. The van der Waals surface area contributed by atoms with E-state index in [1.165, 1.54) is 0 Å². The molecule has 1 aliphatic heterocycles. The Morgan fingerprint density at radius 3 is 2.79 bits per heavy atom. The summed E-state index contributed by atoms with van der Waals surface area (Å²) in [6, 6.07) is 0. The van der Waals surface area contributed by atoms with Gasteiger partial charge in [0.15, 0.2) is 0 Å². The summed E-state index contributed by atoms with van der Waals surface area (Å²) in [4.78, 5) is 11.8. The molecular weight excluding hydrogens is 244 g/mol. The summed E-state index contributed by atoms with van der Waals surface area (Å²) in [7, 11) is 0. The number of carbonyl (C=O) groups excluding carboxylic acids is 1. The van der Waals surface area contributed by atoms with E-state index in [2.05, 4.69) is 13.8 Å². The number of fused-ring (bicyclic) bond motifs is 2. The molecule has 0 unspecified atom stereocenters. The Morgan fingerprint density at radius 2 is 2.11 bits per heavy atom. The molecule has 0 spiro atoms. The molecule has 4 heteroatoms. The van der Waals surface area contributed by atoms with Crippen LogP contribution < -0.4 is 0 Å². The summed E-state index contributed by atoms with van der Waals surface area (Å²) in [6.07, 6.45) is 3.48. The first kappa shape index (κ1) is 13.1. The molecule has 1 saturated carbocycles. The van der Waals surface area contributed by atoms with Crippen molar-refractivity contribution in [3.8, 4) is 0 Å². The second kappa shape index (κ2) is 4.06. The topological polar surface area (TPSA) is 66.8 Å². The normalized spacial score (nSPS) is 45.8. The lowest BCUT2D eigenvalue weighted by molar-refractivity contribution is -0.153. The molecule has 0 amide bonds. The minimum atomic E-state index is -1.07. The first-order valence-electron chi connectivity index (χ1n) is 7.16. The van der Waals surface area contributed by atoms with Crippen LogP contribution in [0.5, 0.6) is 0 Å². The molecule has 2 aliphatic carbocycles. The van der Waals surface area contributed by atoms with E-state index >= 15 is 0 Å². The zero-order valence-electron chi connectivity index (χ0n) is 11.6. The highest BCUT2D eigenvalue weighted by Gasteiger charge is 2.56. The van der Waals surface area contributed by atoms with Gasteiger partial charge in [-0.2, -0.15) is 0 Å². The van der Waals surface area contributed by atoms with Gasteiger partial charge in [-0.15, -0.1) is 0 Å². The highest BCUT2D eigenvalue weighted by atomic mass is 16.6. The number of ether oxygens (including phenoxy) is 1. The molecule has 1 heterocycles. The van der Waals surface area contributed by atoms with E-state index in [4.69, 9.17) is 4.74 Å². The molecule has 0 aromatic rings. The quantitative estimate of drug-likeness (QED) is 0.710. The van der Waals surface area contributed by atoms with Crippen LogP contribution in [0.2, 0.25) is 0 Å². The molecule has 0 saturated heterocycles. The Bertz CT molecular complexity index is 455. The van der Waals surface area contributed by atoms with Gasteiger partial charge in [-0.25, -0.2) is 4.79 Å². The fraction of sp³-hybridized carbons (Fsp3) is 0.800. The fourth-order valence-corrected chi connectivity index (χ4v) is 4.80. The SMILES string of the molecule is C[C@]1(CO)CCC[C@]2(C)C3=C(CC[C@@H]12)C(=O)O[C@@H]3O. The molecule has 0 aromatic heterocycles. The smallest absolute Gasteiger partial charge is 0.336 e. The van der Waals surface area contributed by atoms with Crippen molar-refractivity contribution in [2.75, 3.05) is 6.61 Å². The summed E-state index contributed by atoms with van der Waals surface area (Å²) in [6.45, 7) is 4.43. The number of aliphatic hydroxyl groups excluding tert-OH is 2. The van der Waals surface area contributed by atoms with Crippen LogP contribution in [0.15, 0.2) is 11.1 Å². The summed E-state index contributed by atoms with van der Waals surface area (Å²) >= 11 is 0. The summed E-state index contributed by atoms with van der Waals surface area (Å²) in [5.41, 5.74) is 1.16. The molecule has 19 heavy (non-hydrogen) atoms. The Balaban J connectivity index is 2.08. The van der Waals surface area contributed by atoms with Gasteiger partial charge in [-0.3, -0.25) is 0 Å². The lowest BCUT2D eigenvalue weighted by Crippen LogP contribution is -2.49. The van der Waals surface area contributed by atoms with Crippen molar-refractivity contribution < 1.29 is 19.7 Å². The third-order valence-corrected chi connectivity index (χ3v) is 5.75. The van der Waals surface area contributed by atoms with Gasteiger partial charge in [0.25, 0.3) is 0 Å². The first-order valence-corrected chi connectivity index (χ1v) is 7.16. The number of rotatable bonds is 1. The highest BCUT2D eigenvalue weighted by Crippen LogP contribution is 2.61. The molecule has 2 N–H and O–H groups in total. The molecule has 3 aliphatic rings. The van der Waals surface area contributed by atoms with Crippen LogP contribution in [0, 0.1) is 16.7 Å². The van der Waals surface area contributed by atoms with Crippen LogP contribution in [-0.2, 0) is 9.53 Å². The number of cyclic esters (lactones) is 1. The minimum Gasteiger partial charge on any atom is -0.428 e. The molecule has 0 radical (unpaired) electrons. The van der Waals surface area contributed by atoms with Crippen molar-refractivity contribution in [3.63, 3.8) is 0 Å². The molecule has 0 bridgehead atoms. The average Bonchev–Trinajstić information content (AvgIpc) is 2.65.